The highest BCUT2D eigenvalue weighted by Crippen LogP contribution is 2.24. The van der Waals surface area contributed by atoms with Gasteiger partial charge in [0.1, 0.15) is 17.5 Å². The van der Waals surface area contributed by atoms with E-state index in [9.17, 15) is 0 Å². The van der Waals surface area contributed by atoms with Crippen LogP contribution in [0.3, 0.4) is 0 Å². The first-order valence-corrected chi connectivity index (χ1v) is 4.61. The molecule has 0 saturated heterocycles. The Balaban J connectivity index is 2.70. The fourth-order valence-electron chi connectivity index (χ4n) is 1.41. The molecular formula is C11H9N5. The van der Waals surface area contributed by atoms with Gasteiger partial charge in [-0.3, -0.25) is 0 Å². The molecule has 5 nitrogen and oxygen atoms in total. The van der Waals surface area contributed by atoms with Gasteiger partial charge in [0.2, 0.25) is 5.95 Å². The monoisotopic (exact) mass is 211 g/mol. The topological polar surface area (TPSA) is 102 Å². The fraction of sp³-hybridized carbons (Fsp3) is 0. The molecule has 1 heterocycles. The number of aromatic nitrogens is 2. The van der Waals surface area contributed by atoms with E-state index < -0.39 is 0 Å². The second-order valence-corrected chi connectivity index (χ2v) is 3.17. The molecule has 0 amide bonds. The summed E-state index contributed by atoms with van der Waals surface area (Å²) < 4.78 is 0. The van der Waals surface area contributed by atoms with Crippen LogP contribution in [0.5, 0.6) is 0 Å². The zero-order chi connectivity index (χ0) is 11.5. The lowest BCUT2D eigenvalue weighted by atomic mass is 10.1. The summed E-state index contributed by atoms with van der Waals surface area (Å²) in [7, 11) is 0. The molecule has 0 atom stereocenters. The van der Waals surface area contributed by atoms with E-state index in [1.54, 1.807) is 0 Å². The van der Waals surface area contributed by atoms with E-state index in [1.807, 2.05) is 36.4 Å². The van der Waals surface area contributed by atoms with Crippen molar-refractivity contribution in [2.45, 2.75) is 0 Å². The zero-order valence-electron chi connectivity index (χ0n) is 8.38. The summed E-state index contributed by atoms with van der Waals surface area (Å²) in [6, 6.07) is 11.2. The van der Waals surface area contributed by atoms with Crippen molar-refractivity contribution < 1.29 is 0 Å². The summed E-state index contributed by atoms with van der Waals surface area (Å²) in [5.74, 6) is 0.171. The summed E-state index contributed by atoms with van der Waals surface area (Å²) >= 11 is 0. The standard InChI is InChI=1S/C11H9N5/c12-6-8-9(7-4-2-1-3-5-7)15-11(14)16-10(8)13/h1-5H,(H4,13,14,15,16). The first-order valence-electron chi connectivity index (χ1n) is 4.61. The van der Waals surface area contributed by atoms with E-state index in [0.717, 1.165) is 5.56 Å². The van der Waals surface area contributed by atoms with Gasteiger partial charge in [0.05, 0.1) is 5.69 Å². The van der Waals surface area contributed by atoms with Gasteiger partial charge in [-0.1, -0.05) is 30.3 Å². The Morgan fingerprint density at radius 2 is 1.75 bits per heavy atom. The molecule has 0 saturated carbocycles. The molecule has 0 radical (unpaired) electrons. The van der Waals surface area contributed by atoms with Crippen LogP contribution < -0.4 is 11.5 Å². The summed E-state index contributed by atoms with van der Waals surface area (Å²) in [6.07, 6.45) is 0. The molecule has 2 aromatic rings. The van der Waals surface area contributed by atoms with Gasteiger partial charge >= 0.3 is 0 Å². The Kier molecular flexibility index (Phi) is 2.40. The van der Waals surface area contributed by atoms with E-state index in [1.165, 1.54) is 0 Å². The highest BCUT2D eigenvalue weighted by atomic mass is 15.0. The summed E-state index contributed by atoms with van der Waals surface area (Å²) in [6.45, 7) is 0. The number of nitrogen functional groups attached to an aromatic ring is 2. The van der Waals surface area contributed by atoms with E-state index in [0.29, 0.717) is 5.69 Å². The number of anilines is 2. The van der Waals surface area contributed by atoms with E-state index >= 15 is 0 Å². The maximum absolute atomic E-state index is 9.00. The van der Waals surface area contributed by atoms with Crippen LogP contribution >= 0.6 is 0 Å². The molecule has 2 rings (SSSR count). The summed E-state index contributed by atoms with van der Waals surface area (Å²) in [4.78, 5) is 7.79. The van der Waals surface area contributed by atoms with Crippen molar-refractivity contribution in [2.75, 3.05) is 11.5 Å². The highest BCUT2D eigenvalue weighted by molar-refractivity contribution is 5.72. The maximum atomic E-state index is 9.00. The molecule has 1 aromatic heterocycles. The molecule has 16 heavy (non-hydrogen) atoms. The molecule has 0 bridgehead atoms. The molecular weight excluding hydrogens is 202 g/mol. The lowest BCUT2D eigenvalue weighted by molar-refractivity contribution is 1.18. The first-order chi connectivity index (χ1) is 7.72. The van der Waals surface area contributed by atoms with Crippen LogP contribution in [0.2, 0.25) is 0 Å². The van der Waals surface area contributed by atoms with Crippen LogP contribution in [0.1, 0.15) is 5.56 Å². The molecule has 0 fully saturated rings. The first kappa shape index (κ1) is 9.93. The summed E-state index contributed by atoms with van der Waals surface area (Å²) in [5, 5.41) is 9.00. The van der Waals surface area contributed by atoms with Gasteiger partial charge in [-0.2, -0.15) is 10.2 Å². The predicted molar refractivity (Wildman–Crippen MR) is 61.0 cm³/mol. The molecule has 0 aliphatic carbocycles. The van der Waals surface area contributed by atoms with Gasteiger partial charge < -0.3 is 11.5 Å². The quantitative estimate of drug-likeness (QED) is 0.737. The van der Waals surface area contributed by atoms with Gasteiger partial charge in [-0.15, -0.1) is 0 Å². The second kappa shape index (κ2) is 3.87. The third kappa shape index (κ3) is 1.64. The molecule has 0 aliphatic rings. The van der Waals surface area contributed by atoms with Crippen LogP contribution in [0.25, 0.3) is 11.3 Å². The molecule has 78 valence electrons. The van der Waals surface area contributed by atoms with Crippen LogP contribution in [0.15, 0.2) is 30.3 Å². The number of rotatable bonds is 1. The minimum Gasteiger partial charge on any atom is -0.382 e. The van der Waals surface area contributed by atoms with Gasteiger partial charge in [-0.05, 0) is 0 Å². The van der Waals surface area contributed by atoms with Gasteiger partial charge in [0, 0.05) is 5.56 Å². The van der Waals surface area contributed by atoms with Crippen molar-refractivity contribution in [3.05, 3.63) is 35.9 Å². The molecule has 4 N–H and O–H groups in total. The lowest BCUT2D eigenvalue weighted by Gasteiger charge is -2.05. The Bertz CT molecular complexity index is 557. The molecule has 0 spiro atoms. The van der Waals surface area contributed by atoms with Crippen molar-refractivity contribution in [1.29, 1.82) is 5.26 Å². The molecule has 5 heteroatoms. The second-order valence-electron chi connectivity index (χ2n) is 3.17. The van der Waals surface area contributed by atoms with E-state index in [4.69, 9.17) is 16.7 Å². The fourth-order valence-corrected chi connectivity index (χ4v) is 1.41. The number of hydrogen-bond donors (Lipinski definition) is 2. The number of nitriles is 1. The Morgan fingerprint density at radius 3 is 2.38 bits per heavy atom. The minimum absolute atomic E-state index is 0.0651. The van der Waals surface area contributed by atoms with Gasteiger partial charge in [-0.25, -0.2) is 4.98 Å². The Morgan fingerprint density at radius 1 is 1.06 bits per heavy atom. The number of nitrogens with zero attached hydrogens (tertiary/aromatic N) is 3. The van der Waals surface area contributed by atoms with E-state index in [2.05, 4.69) is 9.97 Å². The highest BCUT2D eigenvalue weighted by Gasteiger charge is 2.12. The zero-order valence-corrected chi connectivity index (χ0v) is 8.38. The Hall–Kier alpha value is -2.61. The SMILES string of the molecule is N#Cc1c(N)nc(N)nc1-c1ccccc1. The Labute approximate surface area is 92.4 Å². The van der Waals surface area contributed by atoms with Crippen LogP contribution in [0.4, 0.5) is 11.8 Å². The van der Waals surface area contributed by atoms with Crippen molar-refractivity contribution >= 4 is 11.8 Å². The van der Waals surface area contributed by atoms with E-state index in [-0.39, 0.29) is 17.3 Å². The average Bonchev–Trinajstić information content (AvgIpc) is 2.29. The third-order valence-corrected chi connectivity index (χ3v) is 2.11. The van der Waals surface area contributed by atoms with Crippen LogP contribution in [-0.4, -0.2) is 9.97 Å². The van der Waals surface area contributed by atoms with Gasteiger partial charge in [0.15, 0.2) is 0 Å². The number of benzene rings is 1. The van der Waals surface area contributed by atoms with Crippen molar-refractivity contribution in [2.24, 2.45) is 0 Å². The minimum atomic E-state index is 0.0651. The van der Waals surface area contributed by atoms with Crippen LogP contribution in [0, 0.1) is 11.3 Å². The van der Waals surface area contributed by atoms with Crippen molar-refractivity contribution in [3.63, 3.8) is 0 Å². The van der Waals surface area contributed by atoms with Crippen LogP contribution in [-0.2, 0) is 0 Å². The van der Waals surface area contributed by atoms with Crippen molar-refractivity contribution in [3.8, 4) is 17.3 Å². The predicted octanol–water partition coefficient (Wildman–Crippen LogP) is 1.18. The smallest absolute Gasteiger partial charge is 0.222 e. The normalized spacial score (nSPS) is 9.69. The molecule has 1 aromatic carbocycles. The third-order valence-electron chi connectivity index (χ3n) is 2.11. The van der Waals surface area contributed by atoms with Gasteiger partial charge in [0.25, 0.3) is 0 Å². The number of hydrogen-bond acceptors (Lipinski definition) is 5. The summed E-state index contributed by atoms with van der Waals surface area (Å²) in [5.41, 5.74) is 12.6. The number of nitrogens with two attached hydrogens (primary N) is 2. The largest absolute Gasteiger partial charge is 0.382 e. The molecule has 0 unspecified atom stereocenters. The van der Waals surface area contributed by atoms with Crippen molar-refractivity contribution in [1.82, 2.24) is 9.97 Å². The average molecular weight is 211 g/mol. The lowest BCUT2D eigenvalue weighted by Crippen LogP contribution is -2.04. The maximum Gasteiger partial charge on any atom is 0.222 e. The molecule has 0 aliphatic heterocycles.